The van der Waals surface area contributed by atoms with Gasteiger partial charge in [-0.2, -0.15) is 0 Å². The fourth-order valence-corrected chi connectivity index (χ4v) is 6.69. The van der Waals surface area contributed by atoms with Crippen LogP contribution < -0.4 is 4.90 Å². The fourth-order valence-electron chi connectivity index (χ4n) is 3.71. The molecular weight excluding hydrogens is 486 g/mol. The van der Waals surface area contributed by atoms with Crippen molar-refractivity contribution in [1.82, 2.24) is 9.88 Å². The number of aryl methyl sites for hydroxylation is 1. The Morgan fingerprint density at radius 2 is 1.76 bits per heavy atom. The molecule has 0 spiro atoms. The van der Waals surface area contributed by atoms with Crippen LogP contribution in [0.4, 0.5) is 5.13 Å². The molecule has 3 aromatic rings. The topological polar surface area (TPSA) is 70.6 Å². The number of hydrogen-bond donors (Lipinski definition) is 0. The maximum atomic E-state index is 13.3. The van der Waals surface area contributed by atoms with Crippen LogP contribution >= 0.6 is 23.1 Å². The predicted octanol–water partition coefficient (Wildman–Crippen LogP) is 5.26. The number of nitrogens with zero attached hydrogens (tertiary/aromatic N) is 3. The van der Waals surface area contributed by atoms with Crippen molar-refractivity contribution >= 4 is 54.2 Å². The van der Waals surface area contributed by atoms with E-state index in [1.807, 2.05) is 31.4 Å². The minimum absolute atomic E-state index is 0.0534. The molecule has 0 aliphatic heterocycles. The van der Waals surface area contributed by atoms with Crippen LogP contribution in [0.25, 0.3) is 10.2 Å². The van der Waals surface area contributed by atoms with Gasteiger partial charge in [0.05, 0.1) is 20.9 Å². The lowest BCUT2D eigenvalue weighted by molar-refractivity contribution is -0.118. The molecule has 0 aliphatic carbocycles. The Balaban J connectivity index is 1.76. The lowest BCUT2D eigenvalue weighted by Crippen LogP contribution is -2.38. The van der Waals surface area contributed by atoms with Gasteiger partial charge < -0.3 is 4.90 Å². The number of carbonyl (C=O) groups excluding carboxylic acids is 1. The van der Waals surface area contributed by atoms with Gasteiger partial charge in [0.25, 0.3) is 0 Å². The summed E-state index contributed by atoms with van der Waals surface area (Å²) in [5.74, 6) is -0.140. The van der Waals surface area contributed by atoms with E-state index in [4.69, 9.17) is 4.98 Å². The molecule has 0 saturated heterocycles. The largest absolute Gasteiger partial charge is 0.302 e. The van der Waals surface area contributed by atoms with E-state index >= 15 is 0 Å². The van der Waals surface area contributed by atoms with Crippen LogP contribution in [0.3, 0.4) is 0 Å². The van der Waals surface area contributed by atoms with Gasteiger partial charge in [-0.15, -0.1) is 11.8 Å². The third-order valence-electron chi connectivity index (χ3n) is 5.84. The molecule has 1 aromatic heterocycles. The molecule has 1 heterocycles. The highest BCUT2D eigenvalue weighted by Crippen LogP contribution is 2.34. The number of thiazole rings is 1. The number of amides is 1. The minimum Gasteiger partial charge on any atom is -0.302 e. The number of hydrogen-bond acceptors (Lipinski definition) is 7. The van der Waals surface area contributed by atoms with Crippen molar-refractivity contribution < 1.29 is 13.2 Å². The maximum Gasteiger partial charge on any atom is 0.228 e. The van der Waals surface area contributed by atoms with Crippen LogP contribution in [0.1, 0.15) is 32.3 Å². The second kappa shape index (κ2) is 12.2. The molecule has 3 rings (SSSR count). The van der Waals surface area contributed by atoms with Crippen molar-refractivity contribution in [3.8, 4) is 0 Å². The molecule has 1 amide bonds. The number of thioether (sulfide) groups is 1. The van der Waals surface area contributed by atoms with E-state index in [2.05, 4.69) is 18.7 Å². The lowest BCUT2D eigenvalue weighted by Gasteiger charge is -2.24. The van der Waals surface area contributed by atoms with Gasteiger partial charge in [-0.25, -0.2) is 13.4 Å². The Bertz CT molecular complexity index is 1200. The first-order chi connectivity index (χ1) is 16.3. The zero-order valence-corrected chi connectivity index (χ0v) is 22.7. The van der Waals surface area contributed by atoms with Crippen molar-refractivity contribution in [2.24, 2.45) is 0 Å². The van der Waals surface area contributed by atoms with E-state index in [0.29, 0.717) is 16.6 Å². The first-order valence-electron chi connectivity index (χ1n) is 11.5. The SMILES string of the molecule is CCN(CC)CCN(C(=O)CCCS(=O)(=O)c1ccc(C)cc1)c1nc2c(SC)cccc2s1. The first-order valence-corrected chi connectivity index (χ1v) is 15.2. The summed E-state index contributed by atoms with van der Waals surface area (Å²) < 4.78 is 26.4. The molecule has 34 heavy (non-hydrogen) atoms. The van der Waals surface area contributed by atoms with Crippen LogP contribution in [-0.4, -0.2) is 62.4 Å². The molecule has 0 N–H and O–H groups in total. The molecule has 0 atom stereocenters. The quantitative estimate of drug-likeness (QED) is 0.304. The van der Waals surface area contributed by atoms with Crippen LogP contribution in [0.2, 0.25) is 0 Å². The molecule has 0 radical (unpaired) electrons. The number of sulfone groups is 1. The number of anilines is 1. The van der Waals surface area contributed by atoms with Crippen LogP contribution in [0, 0.1) is 6.92 Å². The van der Waals surface area contributed by atoms with Crippen molar-refractivity contribution in [3.63, 3.8) is 0 Å². The number of carbonyl (C=O) groups is 1. The summed E-state index contributed by atoms with van der Waals surface area (Å²) in [5, 5.41) is 0.676. The van der Waals surface area contributed by atoms with E-state index in [-0.39, 0.29) is 24.5 Å². The van der Waals surface area contributed by atoms with Crippen molar-refractivity contribution in [2.75, 3.05) is 43.1 Å². The summed E-state index contributed by atoms with van der Waals surface area (Å²) in [6.07, 6.45) is 2.46. The average molecular weight is 520 g/mol. The first kappa shape index (κ1) is 26.7. The Kier molecular flexibility index (Phi) is 9.53. The predicted molar refractivity (Wildman–Crippen MR) is 144 cm³/mol. The van der Waals surface area contributed by atoms with E-state index in [1.165, 1.54) is 11.3 Å². The second-order valence-corrected chi connectivity index (χ2v) is 12.1. The zero-order valence-electron chi connectivity index (χ0n) is 20.3. The average Bonchev–Trinajstić information content (AvgIpc) is 3.26. The molecule has 0 saturated carbocycles. The third-order valence-corrected chi connectivity index (χ3v) is 9.47. The van der Waals surface area contributed by atoms with Crippen molar-refractivity contribution in [3.05, 3.63) is 48.0 Å². The highest BCUT2D eigenvalue weighted by atomic mass is 32.2. The van der Waals surface area contributed by atoms with Crippen molar-refractivity contribution in [2.45, 2.75) is 43.4 Å². The maximum absolute atomic E-state index is 13.3. The van der Waals surface area contributed by atoms with Crippen LogP contribution in [0.5, 0.6) is 0 Å². The van der Waals surface area contributed by atoms with Crippen LogP contribution in [-0.2, 0) is 14.6 Å². The summed E-state index contributed by atoms with van der Waals surface area (Å²) in [6.45, 7) is 9.22. The van der Waals surface area contributed by atoms with Gasteiger partial charge in [0.15, 0.2) is 15.0 Å². The van der Waals surface area contributed by atoms with Gasteiger partial charge in [0, 0.05) is 24.4 Å². The van der Waals surface area contributed by atoms with E-state index in [9.17, 15) is 13.2 Å². The van der Waals surface area contributed by atoms with Crippen LogP contribution in [0.15, 0.2) is 52.3 Å². The number of rotatable bonds is 12. The number of aromatic nitrogens is 1. The molecule has 0 fully saturated rings. The van der Waals surface area contributed by atoms with E-state index in [1.54, 1.807) is 40.9 Å². The Labute approximate surface area is 211 Å². The highest BCUT2D eigenvalue weighted by Gasteiger charge is 2.22. The van der Waals surface area contributed by atoms with E-state index < -0.39 is 9.84 Å². The standard InChI is InChI=1S/C25H33N3O3S3/c1-5-27(6-2)16-17-28(25-26-24-21(32-4)9-7-10-22(24)33-25)23(29)11-8-18-34(30,31)20-14-12-19(3)13-15-20/h7,9-10,12-15H,5-6,8,11,16-18H2,1-4H3. The van der Waals surface area contributed by atoms with Gasteiger partial charge in [-0.3, -0.25) is 9.69 Å². The molecule has 2 aromatic carbocycles. The molecule has 0 bridgehead atoms. The van der Waals surface area contributed by atoms with Gasteiger partial charge in [-0.05, 0) is 57.0 Å². The third kappa shape index (κ3) is 6.59. The number of benzene rings is 2. The Morgan fingerprint density at radius 1 is 1.06 bits per heavy atom. The Morgan fingerprint density at radius 3 is 2.41 bits per heavy atom. The molecule has 9 heteroatoms. The number of para-hydroxylation sites is 1. The summed E-state index contributed by atoms with van der Waals surface area (Å²) in [5.41, 5.74) is 1.93. The summed E-state index contributed by atoms with van der Waals surface area (Å²) >= 11 is 3.15. The van der Waals surface area contributed by atoms with E-state index in [0.717, 1.165) is 40.3 Å². The smallest absolute Gasteiger partial charge is 0.228 e. The molecule has 184 valence electrons. The molecule has 0 unspecified atom stereocenters. The lowest BCUT2D eigenvalue weighted by atomic mass is 10.2. The number of likely N-dealkylation sites (N-methyl/N-ethyl adjacent to an activating group) is 1. The van der Waals surface area contributed by atoms with Gasteiger partial charge in [0.2, 0.25) is 5.91 Å². The van der Waals surface area contributed by atoms with Gasteiger partial charge in [-0.1, -0.05) is 48.9 Å². The fraction of sp³-hybridized carbons (Fsp3) is 0.440. The molecule has 6 nitrogen and oxygen atoms in total. The number of fused-ring (bicyclic) bond motifs is 1. The highest BCUT2D eigenvalue weighted by molar-refractivity contribution is 7.98. The Hall–Kier alpha value is -1.94. The van der Waals surface area contributed by atoms with Crippen molar-refractivity contribution in [1.29, 1.82) is 0 Å². The summed E-state index contributed by atoms with van der Waals surface area (Å²) in [6, 6.07) is 12.9. The minimum atomic E-state index is -3.42. The van der Waals surface area contributed by atoms with Gasteiger partial charge >= 0.3 is 0 Å². The summed E-state index contributed by atoms with van der Waals surface area (Å²) in [7, 11) is -3.42. The zero-order chi connectivity index (χ0) is 24.7. The normalized spacial score (nSPS) is 11.9. The molecular formula is C25H33N3O3S3. The van der Waals surface area contributed by atoms with Gasteiger partial charge in [0.1, 0.15) is 0 Å². The molecule has 0 aliphatic rings. The monoisotopic (exact) mass is 519 g/mol. The summed E-state index contributed by atoms with van der Waals surface area (Å²) in [4.78, 5) is 23.5. The second-order valence-electron chi connectivity index (χ2n) is 8.11.